The van der Waals surface area contributed by atoms with Crippen molar-refractivity contribution in [1.29, 1.82) is 5.26 Å². The predicted molar refractivity (Wildman–Crippen MR) is 124 cm³/mol. The first kappa shape index (κ1) is 24.4. The van der Waals surface area contributed by atoms with Gasteiger partial charge in [-0.25, -0.2) is 0 Å². The molecule has 0 aliphatic carbocycles. The quantitative estimate of drug-likeness (QED) is 0.123. The van der Waals surface area contributed by atoms with Crippen molar-refractivity contribution in [1.82, 2.24) is 19.5 Å². The molecule has 1 aliphatic rings. The lowest BCUT2D eigenvalue weighted by atomic mass is 10.3. The molecule has 9 heteroatoms. The van der Waals surface area contributed by atoms with E-state index >= 15 is 0 Å². The molecule has 1 fully saturated rings. The summed E-state index contributed by atoms with van der Waals surface area (Å²) < 4.78 is 7.93. The van der Waals surface area contributed by atoms with Gasteiger partial charge in [0.15, 0.2) is 6.19 Å². The van der Waals surface area contributed by atoms with E-state index in [4.69, 9.17) is 10.00 Å². The number of hydrogen-bond acceptors (Lipinski definition) is 7. The van der Waals surface area contributed by atoms with Crippen LogP contribution in [0, 0.1) is 11.5 Å². The van der Waals surface area contributed by atoms with Crippen LogP contribution >= 0.6 is 11.9 Å². The Morgan fingerprint density at radius 3 is 2.80 bits per heavy atom. The largest absolute Gasteiger partial charge is 0.379 e. The normalized spacial score (nSPS) is 15.2. The van der Waals surface area contributed by atoms with Crippen LogP contribution in [-0.2, 0) is 4.74 Å². The number of morpholine rings is 1. The smallest absolute Gasteiger partial charge is 0.209 e. The van der Waals surface area contributed by atoms with Crippen molar-refractivity contribution in [3.63, 3.8) is 0 Å². The molecule has 30 heavy (non-hydrogen) atoms. The number of nitriles is 1. The van der Waals surface area contributed by atoms with E-state index in [0.29, 0.717) is 12.5 Å². The number of rotatable bonds is 13. The van der Waals surface area contributed by atoms with Gasteiger partial charge < -0.3 is 10.1 Å². The average Bonchev–Trinajstić information content (AvgIpc) is 2.77. The van der Waals surface area contributed by atoms with Crippen LogP contribution in [-0.4, -0.2) is 78.4 Å². The minimum atomic E-state index is 0.479. The third kappa shape index (κ3) is 10.8. The summed E-state index contributed by atoms with van der Waals surface area (Å²) in [6.45, 7) is 10.3. The molecule has 0 atom stereocenters. The highest BCUT2D eigenvalue weighted by molar-refractivity contribution is 7.97. The van der Waals surface area contributed by atoms with Gasteiger partial charge in [0.2, 0.25) is 5.96 Å². The molecule has 0 saturated carbocycles. The molecule has 2 N–H and O–H groups in total. The third-order valence-corrected chi connectivity index (χ3v) is 5.87. The number of unbranched alkanes of at least 4 members (excludes halogenated alkanes) is 1. The first-order valence-electron chi connectivity index (χ1n) is 10.9. The van der Waals surface area contributed by atoms with E-state index in [1.54, 1.807) is 12.4 Å². The first-order chi connectivity index (χ1) is 14.8. The Balaban J connectivity index is 1.60. The fraction of sp³-hybridized carbons (Fsp3) is 0.667. The van der Waals surface area contributed by atoms with Crippen LogP contribution < -0.4 is 10.6 Å². The van der Waals surface area contributed by atoms with Crippen LogP contribution in [0.4, 0.5) is 5.69 Å². The Morgan fingerprint density at radius 1 is 1.27 bits per heavy atom. The maximum absolute atomic E-state index is 8.91. The minimum absolute atomic E-state index is 0.479. The predicted octanol–water partition coefficient (Wildman–Crippen LogP) is 2.78. The van der Waals surface area contributed by atoms with Crippen LogP contribution in [0.3, 0.4) is 0 Å². The molecule has 1 saturated heterocycles. The molecule has 2 rings (SSSR count). The standard InChI is InChI=1S/C21H35N7OS/c1-2-11-28(13-5-12-27-14-16-29-17-15-27)30-18-4-3-8-24-21(25-19-22)26-20-6-9-23-10-7-20/h6-7,9-10H,2-5,8,11-18H2,1H3,(H2,23,24,25,26). The first-order valence-corrected chi connectivity index (χ1v) is 11.8. The number of anilines is 1. The molecule has 0 aromatic carbocycles. The third-order valence-electron chi connectivity index (χ3n) is 4.67. The number of aromatic nitrogens is 1. The van der Waals surface area contributed by atoms with Crippen molar-refractivity contribution >= 4 is 23.6 Å². The molecule has 1 aliphatic heterocycles. The monoisotopic (exact) mass is 433 g/mol. The van der Waals surface area contributed by atoms with Crippen molar-refractivity contribution in [2.45, 2.75) is 32.6 Å². The van der Waals surface area contributed by atoms with Crippen LogP contribution in [0.15, 0.2) is 29.5 Å². The highest BCUT2D eigenvalue weighted by Crippen LogP contribution is 2.14. The molecule has 0 amide bonds. The van der Waals surface area contributed by atoms with E-state index in [9.17, 15) is 0 Å². The van der Waals surface area contributed by atoms with Crippen molar-refractivity contribution < 1.29 is 4.74 Å². The maximum Gasteiger partial charge on any atom is 0.209 e. The van der Waals surface area contributed by atoms with Gasteiger partial charge in [0.1, 0.15) is 0 Å². The van der Waals surface area contributed by atoms with Gasteiger partial charge in [-0.3, -0.25) is 24.5 Å². The van der Waals surface area contributed by atoms with E-state index < -0.39 is 0 Å². The van der Waals surface area contributed by atoms with Crippen molar-refractivity contribution in [2.24, 2.45) is 4.99 Å². The topological polar surface area (TPSA) is 88.8 Å². The molecule has 1 aromatic rings. The van der Waals surface area contributed by atoms with Crippen molar-refractivity contribution in [3.05, 3.63) is 24.5 Å². The fourth-order valence-corrected chi connectivity index (χ4v) is 4.28. The van der Waals surface area contributed by atoms with Crippen LogP contribution in [0.25, 0.3) is 0 Å². The second kappa shape index (κ2) is 15.9. The molecule has 8 nitrogen and oxygen atoms in total. The molecular weight excluding hydrogens is 398 g/mol. The van der Waals surface area contributed by atoms with Gasteiger partial charge in [0.25, 0.3) is 0 Å². The van der Waals surface area contributed by atoms with E-state index in [1.807, 2.05) is 30.3 Å². The van der Waals surface area contributed by atoms with Gasteiger partial charge in [-0.15, -0.1) is 0 Å². The summed E-state index contributed by atoms with van der Waals surface area (Å²) in [5.41, 5.74) is 0.856. The van der Waals surface area contributed by atoms with Gasteiger partial charge in [-0.05, 0) is 44.4 Å². The number of pyridine rings is 1. The van der Waals surface area contributed by atoms with E-state index in [-0.39, 0.29) is 0 Å². The molecule has 0 radical (unpaired) electrons. The highest BCUT2D eigenvalue weighted by atomic mass is 32.2. The second-order valence-corrected chi connectivity index (χ2v) is 8.29. The number of nitrogens with zero attached hydrogens (tertiary/aromatic N) is 5. The highest BCUT2D eigenvalue weighted by Gasteiger charge is 2.11. The fourth-order valence-electron chi connectivity index (χ4n) is 3.12. The van der Waals surface area contributed by atoms with Crippen molar-refractivity contribution in [3.8, 4) is 6.19 Å². The lowest BCUT2D eigenvalue weighted by Crippen LogP contribution is -2.37. The number of nitrogens with one attached hydrogen (secondary N) is 2. The SMILES string of the molecule is CCCN(CCCN1CCOCC1)SCCCCN=C(NC#N)Nc1ccncc1. The zero-order chi connectivity index (χ0) is 21.3. The van der Waals surface area contributed by atoms with E-state index in [0.717, 1.165) is 70.2 Å². The summed E-state index contributed by atoms with van der Waals surface area (Å²) in [6, 6.07) is 3.68. The second-order valence-electron chi connectivity index (χ2n) is 7.10. The summed E-state index contributed by atoms with van der Waals surface area (Å²) in [5, 5.41) is 14.6. The van der Waals surface area contributed by atoms with Gasteiger partial charge in [0, 0.05) is 56.6 Å². The lowest BCUT2D eigenvalue weighted by Gasteiger charge is -2.28. The number of ether oxygens (including phenoxy) is 1. The lowest BCUT2D eigenvalue weighted by molar-refractivity contribution is 0.0370. The van der Waals surface area contributed by atoms with Crippen LogP contribution in [0.5, 0.6) is 0 Å². The zero-order valence-electron chi connectivity index (χ0n) is 18.1. The number of guanidine groups is 1. The van der Waals surface area contributed by atoms with Gasteiger partial charge in [-0.1, -0.05) is 18.9 Å². The molecule has 166 valence electrons. The minimum Gasteiger partial charge on any atom is -0.379 e. The Labute approximate surface area is 185 Å². The summed E-state index contributed by atoms with van der Waals surface area (Å²) in [4.78, 5) is 11.0. The Morgan fingerprint density at radius 2 is 2.07 bits per heavy atom. The van der Waals surface area contributed by atoms with Crippen molar-refractivity contribution in [2.75, 3.05) is 63.6 Å². The number of hydrogen-bond donors (Lipinski definition) is 2. The van der Waals surface area contributed by atoms with E-state index in [2.05, 4.69) is 36.7 Å². The van der Waals surface area contributed by atoms with Crippen LogP contribution in [0.2, 0.25) is 0 Å². The molecule has 0 spiro atoms. The molecule has 0 bridgehead atoms. The Hall–Kier alpha value is -1.86. The average molecular weight is 434 g/mol. The molecule has 0 unspecified atom stereocenters. The summed E-state index contributed by atoms with van der Waals surface area (Å²) in [6.07, 6.45) is 9.82. The van der Waals surface area contributed by atoms with Gasteiger partial charge in [0.05, 0.1) is 13.2 Å². The van der Waals surface area contributed by atoms with Gasteiger partial charge in [-0.2, -0.15) is 5.26 Å². The summed E-state index contributed by atoms with van der Waals surface area (Å²) >= 11 is 1.96. The Bertz CT molecular complexity index is 632. The summed E-state index contributed by atoms with van der Waals surface area (Å²) in [7, 11) is 0. The molecule has 1 aromatic heterocycles. The van der Waals surface area contributed by atoms with Gasteiger partial charge >= 0.3 is 0 Å². The molecular formula is C21H35N7OS. The Kier molecular flexibility index (Phi) is 12.9. The zero-order valence-corrected chi connectivity index (χ0v) is 18.9. The summed E-state index contributed by atoms with van der Waals surface area (Å²) in [5.74, 6) is 1.58. The maximum atomic E-state index is 8.91. The molecule has 2 heterocycles. The number of aliphatic imine (C=N–C) groups is 1. The van der Waals surface area contributed by atoms with Crippen LogP contribution in [0.1, 0.15) is 32.6 Å². The van der Waals surface area contributed by atoms with E-state index in [1.165, 1.54) is 12.8 Å².